The number of rotatable bonds is 5. The molecule has 7 heteroatoms. The van der Waals surface area contributed by atoms with E-state index in [1.165, 1.54) is 12.1 Å². The Morgan fingerprint density at radius 1 is 1.50 bits per heavy atom. The molecule has 1 aromatic rings. The van der Waals surface area contributed by atoms with Crippen LogP contribution in [0, 0.1) is 16.0 Å². The minimum absolute atomic E-state index is 0.0176. The molecule has 1 amide bonds. The van der Waals surface area contributed by atoms with Gasteiger partial charge in [0.25, 0.3) is 5.69 Å². The number of aliphatic hydroxyl groups is 1. The fourth-order valence-electron chi connectivity index (χ4n) is 2.20. The number of carbonyl (C=O) groups excluding carboxylic acids is 1. The van der Waals surface area contributed by atoms with Gasteiger partial charge in [0.15, 0.2) is 0 Å². The van der Waals surface area contributed by atoms with E-state index in [0.29, 0.717) is 25.2 Å². The Bertz CT molecular complexity index is 506. The summed E-state index contributed by atoms with van der Waals surface area (Å²) in [5, 5.41) is 26.0. The van der Waals surface area contributed by atoms with Gasteiger partial charge in [-0.05, 0) is 5.56 Å². The summed E-state index contributed by atoms with van der Waals surface area (Å²) in [5.74, 6) is -0.186. The normalized spacial score (nSPS) is 21.6. The molecule has 20 heavy (non-hydrogen) atoms. The molecule has 0 aromatic heterocycles. The monoisotopic (exact) mass is 279 g/mol. The molecule has 0 radical (unpaired) electrons. The minimum Gasteiger partial charge on any atom is -0.391 e. The fourth-order valence-corrected chi connectivity index (χ4v) is 2.20. The average molecular weight is 279 g/mol. The largest absolute Gasteiger partial charge is 0.391 e. The summed E-state index contributed by atoms with van der Waals surface area (Å²) < 4.78 is 0. The molecule has 1 aliphatic heterocycles. The number of amides is 1. The van der Waals surface area contributed by atoms with Crippen LogP contribution in [-0.4, -0.2) is 41.7 Å². The van der Waals surface area contributed by atoms with Crippen molar-refractivity contribution in [2.45, 2.75) is 12.5 Å². The molecule has 1 heterocycles. The Morgan fingerprint density at radius 3 is 2.95 bits per heavy atom. The summed E-state index contributed by atoms with van der Waals surface area (Å²) in [6, 6.07) is 6.03. The van der Waals surface area contributed by atoms with Gasteiger partial charge >= 0.3 is 0 Å². The molecule has 3 N–H and O–H groups in total. The first-order chi connectivity index (χ1) is 9.56. The van der Waals surface area contributed by atoms with E-state index in [0.717, 1.165) is 0 Å². The Hall–Kier alpha value is -1.99. The molecule has 0 aliphatic carbocycles. The minimum atomic E-state index is -0.484. The van der Waals surface area contributed by atoms with Crippen LogP contribution in [0.5, 0.6) is 0 Å². The zero-order chi connectivity index (χ0) is 14.5. The van der Waals surface area contributed by atoms with E-state index in [9.17, 15) is 20.0 Å². The Morgan fingerprint density at radius 2 is 2.30 bits per heavy atom. The van der Waals surface area contributed by atoms with E-state index in [2.05, 4.69) is 10.6 Å². The third-order valence-corrected chi connectivity index (χ3v) is 3.35. The van der Waals surface area contributed by atoms with Gasteiger partial charge in [0.05, 0.1) is 17.4 Å². The second-order valence-corrected chi connectivity index (χ2v) is 4.89. The van der Waals surface area contributed by atoms with Crippen molar-refractivity contribution in [3.05, 3.63) is 39.9 Å². The highest BCUT2D eigenvalue weighted by atomic mass is 16.6. The van der Waals surface area contributed by atoms with Crippen LogP contribution in [0.4, 0.5) is 5.69 Å². The summed E-state index contributed by atoms with van der Waals surface area (Å²) in [5.41, 5.74) is 0.576. The molecule has 0 bridgehead atoms. The molecule has 108 valence electrons. The van der Waals surface area contributed by atoms with Crippen molar-refractivity contribution >= 4 is 11.6 Å². The van der Waals surface area contributed by atoms with Gasteiger partial charge in [-0.2, -0.15) is 0 Å². The van der Waals surface area contributed by atoms with Crippen molar-refractivity contribution in [1.29, 1.82) is 0 Å². The number of nitrogens with one attached hydrogen (secondary N) is 2. The quantitative estimate of drug-likeness (QED) is 0.513. The standard InChI is InChI=1S/C13H17N3O4/c17-12-8-14-6-10(12)7-15-13(18)5-9-2-1-3-11(4-9)16(19)20/h1-4,10,12,14,17H,5-8H2,(H,15,18). The summed E-state index contributed by atoms with van der Waals surface area (Å²) >= 11 is 0. The summed E-state index contributed by atoms with van der Waals surface area (Å²) in [6.07, 6.45) is -0.342. The molecule has 1 fully saturated rings. The number of hydrogen-bond donors (Lipinski definition) is 3. The van der Waals surface area contributed by atoms with Gasteiger partial charge in [-0.1, -0.05) is 12.1 Å². The molecule has 7 nitrogen and oxygen atoms in total. The van der Waals surface area contributed by atoms with Crippen LogP contribution in [0.2, 0.25) is 0 Å². The predicted molar refractivity (Wildman–Crippen MR) is 72.2 cm³/mol. The number of hydrogen-bond acceptors (Lipinski definition) is 5. The topological polar surface area (TPSA) is 104 Å². The maximum Gasteiger partial charge on any atom is 0.269 e. The number of aliphatic hydroxyl groups excluding tert-OH is 1. The first-order valence-electron chi connectivity index (χ1n) is 6.45. The van der Waals surface area contributed by atoms with Gasteiger partial charge in [0, 0.05) is 37.7 Å². The SMILES string of the molecule is O=C(Cc1cccc([N+](=O)[O-])c1)NCC1CNCC1O. The molecule has 1 saturated heterocycles. The Balaban J connectivity index is 1.85. The van der Waals surface area contributed by atoms with Gasteiger partial charge in [-0.15, -0.1) is 0 Å². The summed E-state index contributed by atoms with van der Waals surface area (Å²) in [4.78, 5) is 21.9. The number of nitro groups is 1. The lowest BCUT2D eigenvalue weighted by Gasteiger charge is -2.14. The molecular formula is C13H17N3O4. The van der Waals surface area contributed by atoms with Gasteiger partial charge in [-0.25, -0.2) is 0 Å². The molecule has 0 spiro atoms. The van der Waals surface area contributed by atoms with Gasteiger partial charge in [-0.3, -0.25) is 14.9 Å². The van der Waals surface area contributed by atoms with E-state index in [4.69, 9.17) is 0 Å². The van der Waals surface area contributed by atoms with Gasteiger partial charge in [0.2, 0.25) is 5.91 Å². The Labute approximate surface area is 116 Å². The smallest absolute Gasteiger partial charge is 0.269 e. The van der Waals surface area contributed by atoms with E-state index in [-0.39, 0.29) is 23.9 Å². The molecular weight excluding hydrogens is 262 g/mol. The molecule has 2 rings (SSSR count). The molecule has 0 saturated carbocycles. The highest BCUT2D eigenvalue weighted by molar-refractivity contribution is 5.78. The lowest BCUT2D eigenvalue weighted by atomic mass is 10.1. The van der Waals surface area contributed by atoms with Crippen molar-refractivity contribution in [1.82, 2.24) is 10.6 Å². The van der Waals surface area contributed by atoms with E-state index < -0.39 is 11.0 Å². The highest BCUT2D eigenvalue weighted by Crippen LogP contribution is 2.13. The summed E-state index contributed by atoms with van der Waals surface area (Å²) in [6.45, 7) is 1.63. The molecule has 2 atom stereocenters. The number of β-amino-alcohol motifs (C(OH)–C–C–N with tert-alkyl or cyclic N) is 1. The molecule has 1 aromatic carbocycles. The predicted octanol–water partition coefficient (Wildman–Crippen LogP) is -0.166. The van der Waals surface area contributed by atoms with Gasteiger partial charge in [0.1, 0.15) is 0 Å². The van der Waals surface area contributed by atoms with E-state index in [1.807, 2.05) is 0 Å². The maximum atomic E-state index is 11.8. The number of benzene rings is 1. The zero-order valence-electron chi connectivity index (χ0n) is 10.9. The first-order valence-corrected chi connectivity index (χ1v) is 6.45. The number of nitrogens with zero attached hydrogens (tertiary/aromatic N) is 1. The molecule has 1 aliphatic rings. The lowest BCUT2D eigenvalue weighted by molar-refractivity contribution is -0.384. The third kappa shape index (κ3) is 3.75. The average Bonchev–Trinajstić information content (AvgIpc) is 2.82. The van der Waals surface area contributed by atoms with Crippen LogP contribution < -0.4 is 10.6 Å². The van der Waals surface area contributed by atoms with E-state index >= 15 is 0 Å². The first kappa shape index (κ1) is 14.4. The lowest BCUT2D eigenvalue weighted by Crippen LogP contribution is -2.35. The van der Waals surface area contributed by atoms with E-state index in [1.54, 1.807) is 12.1 Å². The van der Waals surface area contributed by atoms with Gasteiger partial charge < -0.3 is 15.7 Å². The highest BCUT2D eigenvalue weighted by Gasteiger charge is 2.24. The van der Waals surface area contributed by atoms with Crippen LogP contribution in [0.1, 0.15) is 5.56 Å². The second kappa shape index (κ2) is 6.44. The van der Waals surface area contributed by atoms with Crippen LogP contribution in [0.25, 0.3) is 0 Å². The number of carbonyl (C=O) groups is 1. The van der Waals surface area contributed by atoms with Crippen LogP contribution in [0.15, 0.2) is 24.3 Å². The summed E-state index contributed by atoms with van der Waals surface area (Å²) in [7, 11) is 0. The van der Waals surface area contributed by atoms with Crippen LogP contribution in [0.3, 0.4) is 0 Å². The number of nitro benzene ring substituents is 1. The third-order valence-electron chi connectivity index (χ3n) is 3.35. The fraction of sp³-hybridized carbons (Fsp3) is 0.462. The van der Waals surface area contributed by atoms with Crippen molar-refractivity contribution in [3.63, 3.8) is 0 Å². The van der Waals surface area contributed by atoms with Crippen molar-refractivity contribution < 1.29 is 14.8 Å². The second-order valence-electron chi connectivity index (χ2n) is 4.89. The van der Waals surface area contributed by atoms with Crippen molar-refractivity contribution in [2.24, 2.45) is 5.92 Å². The molecule has 2 unspecified atom stereocenters. The van der Waals surface area contributed by atoms with Crippen molar-refractivity contribution in [3.8, 4) is 0 Å². The maximum absolute atomic E-state index is 11.8. The number of non-ortho nitro benzene ring substituents is 1. The van der Waals surface area contributed by atoms with Crippen molar-refractivity contribution in [2.75, 3.05) is 19.6 Å². The van der Waals surface area contributed by atoms with Crippen LogP contribution >= 0.6 is 0 Å². The van der Waals surface area contributed by atoms with Crippen LogP contribution in [-0.2, 0) is 11.2 Å². The Kier molecular flexibility index (Phi) is 4.65. The zero-order valence-corrected chi connectivity index (χ0v) is 10.9.